The first-order valence-corrected chi connectivity index (χ1v) is 21.6. The molecule has 2 aromatic heterocycles. The number of rotatable bonds is 7. The van der Waals surface area contributed by atoms with Crippen LogP contribution in [0.15, 0.2) is 237 Å². The second-order valence-electron chi connectivity index (χ2n) is 16.5. The first kappa shape index (κ1) is 36.0. The summed E-state index contributed by atoms with van der Waals surface area (Å²) in [5.74, 6) is 0.201. The second kappa shape index (κ2) is 15.0. The number of fused-ring (bicyclic) bond motifs is 6. The van der Waals surface area contributed by atoms with E-state index in [9.17, 15) is 0 Å². The summed E-state index contributed by atoms with van der Waals surface area (Å²) in [4.78, 5) is 0. The highest BCUT2D eigenvalue weighted by atomic mass is 15.0. The third-order valence-corrected chi connectivity index (χ3v) is 12.9. The van der Waals surface area contributed by atoms with E-state index >= 15 is 0 Å². The Balaban J connectivity index is 0.964. The third-order valence-electron chi connectivity index (χ3n) is 12.9. The van der Waals surface area contributed by atoms with E-state index in [1.54, 1.807) is 0 Å². The zero-order valence-electron chi connectivity index (χ0n) is 34.2. The molecular formula is C60H42N2. The van der Waals surface area contributed by atoms with Gasteiger partial charge in [-0.15, -0.1) is 0 Å². The van der Waals surface area contributed by atoms with Gasteiger partial charge in [0.15, 0.2) is 0 Å². The van der Waals surface area contributed by atoms with Crippen molar-refractivity contribution in [3.8, 4) is 33.6 Å². The van der Waals surface area contributed by atoms with Gasteiger partial charge in [0, 0.05) is 38.8 Å². The van der Waals surface area contributed by atoms with Gasteiger partial charge in [0.05, 0.1) is 22.1 Å². The Bertz CT molecular complexity index is 3400. The highest BCUT2D eigenvalue weighted by Crippen LogP contribution is 2.42. The van der Waals surface area contributed by atoms with E-state index in [0.717, 1.165) is 12.1 Å². The van der Waals surface area contributed by atoms with Crippen molar-refractivity contribution in [1.82, 2.24) is 9.13 Å². The normalized spacial score (nSPS) is 14.1. The molecule has 0 N–H and O–H groups in total. The number of aromatic nitrogens is 2. The van der Waals surface area contributed by atoms with Crippen LogP contribution >= 0.6 is 0 Å². The zero-order valence-corrected chi connectivity index (χ0v) is 34.2. The standard InChI is InChI=1S/C60H42N2/c1-3-15-41(16-4-1)45-35-47(43-27-31-51(32-28-43)61-57-23-11-7-19-53(57)54-20-8-12-24-58(54)61)39-49(37-45)50-38-46(42-17-5-2-6-18-42)36-48(40-50)44-29-33-52(34-30-44)62-59-25-13-9-21-55(59)56-22-10-14-26-60(56)62/h1-35,37-40,48H,36H2. The fourth-order valence-electron chi connectivity index (χ4n) is 9.89. The van der Waals surface area contributed by atoms with Crippen LogP contribution in [0, 0.1) is 0 Å². The molecule has 292 valence electrons. The number of nitrogens with zero attached hydrogens (tertiary/aromatic N) is 2. The predicted molar refractivity (Wildman–Crippen MR) is 262 cm³/mol. The molecule has 0 saturated carbocycles. The van der Waals surface area contributed by atoms with Gasteiger partial charge >= 0.3 is 0 Å². The highest BCUT2D eigenvalue weighted by molar-refractivity contribution is 6.10. The van der Waals surface area contributed by atoms with Crippen molar-refractivity contribution in [2.24, 2.45) is 0 Å². The lowest BCUT2D eigenvalue weighted by atomic mass is 9.80. The third kappa shape index (κ3) is 6.19. The molecule has 0 fully saturated rings. The fourth-order valence-corrected chi connectivity index (χ4v) is 9.89. The molecule has 1 unspecified atom stereocenters. The molecule has 12 rings (SSSR count). The molecule has 62 heavy (non-hydrogen) atoms. The number of hydrogen-bond acceptors (Lipinski definition) is 0. The van der Waals surface area contributed by atoms with Crippen molar-refractivity contribution in [3.63, 3.8) is 0 Å². The SMILES string of the molecule is C1=C(c2cc(-c3ccccc3)cc(-c3ccc(-n4c5ccccc5c5ccccc54)cc3)c2)C=C(c2ccccc2)CC1c1ccc(-n2c3ccccc3c3ccccc32)cc1. The van der Waals surface area contributed by atoms with Gasteiger partial charge in [0.1, 0.15) is 0 Å². The molecule has 2 heterocycles. The number of allylic oxidation sites excluding steroid dienone is 4. The molecular weight excluding hydrogens is 749 g/mol. The summed E-state index contributed by atoms with van der Waals surface area (Å²) >= 11 is 0. The van der Waals surface area contributed by atoms with Gasteiger partial charge in [-0.05, 0) is 123 Å². The van der Waals surface area contributed by atoms with E-state index in [0.29, 0.717) is 0 Å². The molecule has 2 nitrogen and oxygen atoms in total. The maximum atomic E-state index is 2.50. The van der Waals surface area contributed by atoms with Crippen LogP contribution in [0.5, 0.6) is 0 Å². The molecule has 0 aliphatic heterocycles. The summed E-state index contributed by atoms with van der Waals surface area (Å²) < 4.78 is 4.79. The molecule has 1 aliphatic carbocycles. The second-order valence-corrected chi connectivity index (χ2v) is 16.5. The summed E-state index contributed by atoms with van der Waals surface area (Å²) in [6.45, 7) is 0. The summed E-state index contributed by atoms with van der Waals surface area (Å²) in [5.41, 5.74) is 18.4. The summed E-state index contributed by atoms with van der Waals surface area (Å²) in [6, 6.07) is 82.1. The molecule has 0 radical (unpaired) electrons. The number of para-hydroxylation sites is 4. The van der Waals surface area contributed by atoms with Crippen LogP contribution in [0.25, 0.3) is 88.4 Å². The van der Waals surface area contributed by atoms with Crippen molar-refractivity contribution >= 4 is 54.8 Å². The Morgan fingerprint density at radius 3 is 1.19 bits per heavy atom. The topological polar surface area (TPSA) is 9.86 Å². The lowest BCUT2D eigenvalue weighted by Gasteiger charge is -2.24. The van der Waals surface area contributed by atoms with E-state index in [4.69, 9.17) is 0 Å². The summed E-state index contributed by atoms with van der Waals surface area (Å²) in [5, 5.41) is 5.10. The van der Waals surface area contributed by atoms with Crippen LogP contribution in [0.2, 0.25) is 0 Å². The molecule has 1 atom stereocenters. The van der Waals surface area contributed by atoms with Gasteiger partial charge in [-0.2, -0.15) is 0 Å². The Labute approximate surface area is 361 Å². The molecule has 0 bridgehead atoms. The zero-order chi connectivity index (χ0) is 41.0. The van der Waals surface area contributed by atoms with E-state index in [1.807, 2.05) is 0 Å². The highest BCUT2D eigenvalue weighted by Gasteiger charge is 2.21. The molecule has 1 aliphatic rings. The van der Waals surface area contributed by atoms with Gasteiger partial charge in [0.25, 0.3) is 0 Å². The monoisotopic (exact) mass is 790 g/mol. The maximum absolute atomic E-state index is 2.50. The minimum atomic E-state index is 0.201. The van der Waals surface area contributed by atoms with E-state index in [-0.39, 0.29) is 5.92 Å². The van der Waals surface area contributed by atoms with Crippen molar-refractivity contribution in [2.75, 3.05) is 0 Å². The lowest BCUT2D eigenvalue weighted by molar-refractivity contribution is 0.870. The van der Waals surface area contributed by atoms with Gasteiger partial charge in [-0.1, -0.05) is 170 Å². The van der Waals surface area contributed by atoms with Crippen molar-refractivity contribution in [2.45, 2.75) is 12.3 Å². The molecule has 9 aromatic carbocycles. The Hall–Kier alpha value is -7.94. The molecule has 0 saturated heterocycles. The average molecular weight is 791 g/mol. The summed E-state index contributed by atoms with van der Waals surface area (Å²) in [7, 11) is 0. The average Bonchev–Trinajstić information content (AvgIpc) is 3.87. The van der Waals surface area contributed by atoms with Crippen molar-refractivity contribution in [3.05, 3.63) is 253 Å². The van der Waals surface area contributed by atoms with Crippen LogP contribution in [0.3, 0.4) is 0 Å². The number of hydrogen-bond donors (Lipinski definition) is 0. The molecule has 11 aromatic rings. The van der Waals surface area contributed by atoms with Crippen LogP contribution in [-0.4, -0.2) is 9.13 Å². The minimum absolute atomic E-state index is 0.201. The first-order chi connectivity index (χ1) is 30.7. The first-order valence-electron chi connectivity index (χ1n) is 21.6. The van der Waals surface area contributed by atoms with Crippen LogP contribution in [0.4, 0.5) is 0 Å². The maximum Gasteiger partial charge on any atom is 0.0541 e. The Kier molecular flexibility index (Phi) is 8.67. The van der Waals surface area contributed by atoms with Crippen LogP contribution in [0.1, 0.15) is 29.0 Å². The minimum Gasteiger partial charge on any atom is -0.309 e. The Morgan fingerprint density at radius 1 is 0.323 bits per heavy atom. The largest absolute Gasteiger partial charge is 0.309 e. The van der Waals surface area contributed by atoms with Gasteiger partial charge < -0.3 is 9.13 Å². The van der Waals surface area contributed by atoms with Gasteiger partial charge in [0.2, 0.25) is 0 Å². The number of benzene rings is 9. The van der Waals surface area contributed by atoms with E-state index < -0.39 is 0 Å². The lowest BCUT2D eigenvalue weighted by Crippen LogP contribution is -2.05. The van der Waals surface area contributed by atoms with Crippen molar-refractivity contribution in [1.29, 1.82) is 0 Å². The predicted octanol–water partition coefficient (Wildman–Crippen LogP) is 15.9. The van der Waals surface area contributed by atoms with E-state index in [2.05, 4.69) is 246 Å². The van der Waals surface area contributed by atoms with E-state index in [1.165, 1.54) is 99.4 Å². The van der Waals surface area contributed by atoms with Crippen molar-refractivity contribution < 1.29 is 0 Å². The van der Waals surface area contributed by atoms with Gasteiger partial charge in [-0.25, -0.2) is 0 Å². The Morgan fingerprint density at radius 2 is 0.710 bits per heavy atom. The molecule has 0 amide bonds. The quantitative estimate of drug-likeness (QED) is 0.152. The van der Waals surface area contributed by atoms with Gasteiger partial charge in [-0.3, -0.25) is 0 Å². The fraction of sp³-hybridized carbons (Fsp3) is 0.0333. The molecule has 0 spiro atoms. The van der Waals surface area contributed by atoms with Crippen LogP contribution in [-0.2, 0) is 0 Å². The van der Waals surface area contributed by atoms with Crippen LogP contribution < -0.4 is 0 Å². The smallest absolute Gasteiger partial charge is 0.0541 e. The summed E-state index contributed by atoms with van der Waals surface area (Å²) in [6.07, 6.45) is 5.86. The molecule has 2 heteroatoms.